The maximum atomic E-state index is 13.4. The maximum absolute atomic E-state index is 13.4. The predicted molar refractivity (Wildman–Crippen MR) is 74.4 cm³/mol. The molecule has 3 nitrogen and oxygen atoms in total. The van der Waals surface area contributed by atoms with Crippen LogP contribution in [0.25, 0.3) is 11.4 Å². The first-order valence-electron chi connectivity index (χ1n) is 6.29. The van der Waals surface area contributed by atoms with E-state index in [9.17, 15) is 4.39 Å². The zero-order valence-corrected chi connectivity index (χ0v) is 11.7. The molecule has 0 radical (unpaired) electrons. The van der Waals surface area contributed by atoms with Crippen LogP contribution < -0.4 is 5.32 Å². The minimum absolute atomic E-state index is 0.197. The fourth-order valence-electron chi connectivity index (χ4n) is 2.06. The van der Waals surface area contributed by atoms with Crippen LogP contribution in [0.5, 0.6) is 0 Å². The third kappa shape index (κ3) is 2.96. The van der Waals surface area contributed by atoms with Gasteiger partial charge in [0.1, 0.15) is 5.82 Å². The Bertz CT molecular complexity index is 576. The number of halogens is 1. The van der Waals surface area contributed by atoms with Crippen LogP contribution in [0.15, 0.2) is 24.4 Å². The number of nitrogens with one attached hydrogen (secondary N) is 1. The number of aromatic nitrogens is 2. The van der Waals surface area contributed by atoms with Crippen LogP contribution in [0, 0.1) is 19.7 Å². The number of hydrogen-bond donors (Lipinski definition) is 1. The Balaban J connectivity index is 2.44. The van der Waals surface area contributed by atoms with E-state index in [1.165, 1.54) is 12.1 Å². The van der Waals surface area contributed by atoms with E-state index in [1.807, 2.05) is 27.0 Å². The average molecular weight is 259 g/mol. The van der Waals surface area contributed by atoms with Gasteiger partial charge in [0.25, 0.3) is 0 Å². The molecule has 0 amide bonds. The fraction of sp³-hybridized carbons (Fsp3) is 0.333. The lowest BCUT2D eigenvalue weighted by Crippen LogP contribution is -2.14. The first kappa shape index (κ1) is 13.6. The third-order valence-corrected chi connectivity index (χ3v) is 3.22. The standard InChI is InChI=1S/C15H18FN3/c1-9-5-12(7-13(16)6-9)15-18-8-14(10(2)17-4)11(3)19-15/h5-8,10,17H,1-4H3. The minimum atomic E-state index is -0.260. The summed E-state index contributed by atoms with van der Waals surface area (Å²) in [5.74, 6) is 0.302. The average Bonchev–Trinajstić information content (AvgIpc) is 2.36. The van der Waals surface area contributed by atoms with Crippen molar-refractivity contribution in [3.63, 3.8) is 0 Å². The molecule has 2 aromatic rings. The smallest absolute Gasteiger partial charge is 0.159 e. The van der Waals surface area contributed by atoms with Crippen molar-refractivity contribution in [1.82, 2.24) is 15.3 Å². The molecule has 0 aliphatic carbocycles. The normalized spacial score (nSPS) is 12.5. The molecule has 1 aromatic carbocycles. The quantitative estimate of drug-likeness (QED) is 0.920. The van der Waals surface area contributed by atoms with Crippen molar-refractivity contribution in [3.8, 4) is 11.4 Å². The van der Waals surface area contributed by atoms with Gasteiger partial charge in [-0.1, -0.05) is 0 Å². The van der Waals surface area contributed by atoms with Crippen LogP contribution >= 0.6 is 0 Å². The van der Waals surface area contributed by atoms with Gasteiger partial charge in [-0.15, -0.1) is 0 Å². The fourth-order valence-corrected chi connectivity index (χ4v) is 2.06. The van der Waals surface area contributed by atoms with Gasteiger partial charge in [-0.2, -0.15) is 0 Å². The number of nitrogens with zero attached hydrogens (tertiary/aromatic N) is 2. The summed E-state index contributed by atoms with van der Waals surface area (Å²) in [6.07, 6.45) is 1.80. The van der Waals surface area contributed by atoms with E-state index in [1.54, 1.807) is 6.20 Å². The number of hydrogen-bond acceptors (Lipinski definition) is 3. The highest BCUT2D eigenvalue weighted by molar-refractivity contribution is 5.56. The second-order valence-electron chi connectivity index (χ2n) is 4.76. The molecule has 0 aliphatic rings. The molecule has 0 aliphatic heterocycles. The van der Waals surface area contributed by atoms with Crippen molar-refractivity contribution in [2.45, 2.75) is 26.8 Å². The highest BCUT2D eigenvalue weighted by Crippen LogP contribution is 2.21. The van der Waals surface area contributed by atoms with E-state index in [0.717, 1.165) is 16.8 Å². The van der Waals surface area contributed by atoms with E-state index >= 15 is 0 Å². The SMILES string of the molecule is CNC(C)c1cnc(-c2cc(C)cc(F)c2)nc1C. The molecule has 1 aromatic heterocycles. The zero-order chi connectivity index (χ0) is 14.0. The van der Waals surface area contributed by atoms with Gasteiger partial charge in [0.2, 0.25) is 0 Å². The largest absolute Gasteiger partial charge is 0.313 e. The molecule has 0 bridgehead atoms. The van der Waals surface area contributed by atoms with Gasteiger partial charge >= 0.3 is 0 Å². The van der Waals surface area contributed by atoms with Gasteiger partial charge in [-0.25, -0.2) is 14.4 Å². The molecule has 100 valence electrons. The molecular formula is C15H18FN3. The second-order valence-corrected chi connectivity index (χ2v) is 4.76. The summed E-state index contributed by atoms with van der Waals surface area (Å²) >= 11 is 0. The molecule has 4 heteroatoms. The lowest BCUT2D eigenvalue weighted by atomic mass is 10.1. The number of aryl methyl sites for hydroxylation is 2. The monoisotopic (exact) mass is 259 g/mol. The van der Waals surface area contributed by atoms with Crippen LogP contribution in [0.2, 0.25) is 0 Å². The summed E-state index contributed by atoms with van der Waals surface area (Å²) < 4.78 is 13.4. The molecule has 1 heterocycles. The zero-order valence-electron chi connectivity index (χ0n) is 11.7. The van der Waals surface area contributed by atoms with Crippen LogP contribution in [0.3, 0.4) is 0 Å². The van der Waals surface area contributed by atoms with Crippen molar-refractivity contribution in [2.75, 3.05) is 7.05 Å². The van der Waals surface area contributed by atoms with Crippen LogP contribution in [0.1, 0.15) is 29.8 Å². The summed E-state index contributed by atoms with van der Waals surface area (Å²) in [5.41, 5.74) is 3.54. The minimum Gasteiger partial charge on any atom is -0.313 e. The highest BCUT2D eigenvalue weighted by Gasteiger charge is 2.11. The highest BCUT2D eigenvalue weighted by atomic mass is 19.1. The molecule has 2 rings (SSSR count). The van der Waals surface area contributed by atoms with E-state index in [4.69, 9.17) is 0 Å². The van der Waals surface area contributed by atoms with Crippen LogP contribution in [-0.2, 0) is 0 Å². The van der Waals surface area contributed by atoms with Gasteiger partial charge in [-0.05, 0) is 51.6 Å². The Morgan fingerprint density at radius 1 is 1.21 bits per heavy atom. The summed E-state index contributed by atoms with van der Waals surface area (Å²) in [6.45, 7) is 5.86. The van der Waals surface area contributed by atoms with Crippen molar-refractivity contribution in [1.29, 1.82) is 0 Å². The predicted octanol–water partition coefficient (Wildman–Crippen LogP) is 3.18. The molecule has 1 atom stereocenters. The van der Waals surface area contributed by atoms with Crippen molar-refractivity contribution in [3.05, 3.63) is 47.0 Å². The summed E-state index contributed by atoms with van der Waals surface area (Å²) in [7, 11) is 1.90. The Labute approximate surface area is 112 Å². The van der Waals surface area contributed by atoms with Gasteiger partial charge in [-0.3, -0.25) is 0 Å². The Hall–Kier alpha value is -1.81. The van der Waals surface area contributed by atoms with Crippen LogP contribution in [0.4, 0.5) is 4.39 Å². The maximum Gasteiger partial charge on any atom is 0.159 e. The van der Waals surface area contributed by atoms with Crippen molar-refractivity contribution >= 4 is 0 Å². The molecule has 0 spiro atoms. The van der Waals surface area contributed by atoms with Gasteiger partial charge in [0.05, 0.1) is 0 Å². The van der Waals surface area contributed by atoms with Crippen LogP contribution in [-0.4, -0.2) is 17.0 Å². The lowest BCUT2D eigenvalue weighted by Gasteiger charge is -2.13. The molecular weight excluding hydrogens is 241 g/mol. The molecule has 1 N–H and O–H groups in total. The number of benzene rings is 1. The van der Waals surface area contributed by atoms with Gasteiger partial charge in [0.15, 0.2) is 5.82 Å². The third-order valence-electron chi connectivity index (χ3n) is 3.22. The molecule has 19 heavy (non-hydrogen) atoms. The van der Waals surface area contributed by atoms with E-state index in [-0.39, 0.29) is 11.9 Å². The Morgan fingerprint density at radius 2 is 1.95 bits per heavy atom. The topological polar surface area (TPSA) is 37.8 Å². The lowest BCUT2D eigenvalue weighted by molar-refractivity contribution is 0.626. The van der Waals surface area contributed by atoms with E-state index < -0.39 is 0 Å². The summed E-state index contributed by atoms with van der Waals surface area (Å²) in [5, 5.41) is 3.16. The summed E-state index contributed by atoms with van der Waals surface area (Å²) in [6, 6.07) is 5.04. The summed E-state index contributed by atoms with van der Waals surface area (Å²) in [4.78, 5) is 8.82. The molecule has 1 unspecified atom stereocenters. The Morgan fingerprint density at radius 3 is 2.53 bits per heavy atom. The second kappa shape index (κ2) is 5.45. The number of rotatable bonds is 3. The first-order valence-corrected chi connectivity index (χ1v) is 6.29. The van der Waals surface area contributed by atoms with Crippen molar-refractivity contribution in [2.24, 2.45) is 0 Å². The Kier molecular flexibility index (Phi) is 3.90. The molecule has 0 saturated carbocycles. The molecule has 0 saturated heterocycles. The van der Waals surface area contributed by atoms with E-state index in [2.05, 4.69) is 22.2 Å². The first-order chi connectivity index (χ1) is 9.01. The molecule has 0 fully saturated rings. The van der Waals surface area contributed by atoms with Gasteiger partial charge in [0, 0.05) is 29.1 Å². The van der Waals surface area contributed by atoms with Crippen molar-refractivity contribution < 1.29 is 4.39 Å². The van der Waals surface area contributed by atoms with E-state index in [0.29, 0.717) is 11.4 Å². The van der Waals surface area contributed by atoms with Gasteiger partial charge < -0.3 is 5.32 Å².